The number of aromatic nitrogens is 3. The Kier molecular flexibility index (Phi) is 6.81. The molecule has 0 bridgehead atoms. The molecule has 3 N–H and O–H groups in total. The van der Waals surface area contributed by atoms with Crippen molar-refractivity contribution in [2.24, 2.45) is 5.73 Å². The van der Waals surface area contributed by atoms with Gasteiger partial charge in [-0.05, 0) is 6.42 Å². The van der Waals surface area contributed by atoms with Crippen LogP contribution in [0.3, 0.4) is 0 Å². The average Bonchev–Trinajstić information content (AvgIpc) is 2.82. The Balaban J connectivity index is 2.30. The van der Waals surface area contributed by atoms with Gasteiger partial charge in [-0.3, -0.25) is 0 Å². The zero-order valence-corrected chi connectivity index (χ0v) is 11.0. The van der Waals surface area contributed by atoms with Gasteiger partial charge in [0.1, 0.15) is 0 Å². The van der Waals surface area contributed by atoms with Gasteiger partial charge in [-0.1, -0.05) is 12.1 Å². The first-order chi connectivity index (χ1) is 8.67. The molecule has 7 nitrogen and oxygen atoms in total. The number of nitrogens with two attached hydrogens (primary N) is 1. The van der Waals surface area contributed by atoms with Crippen LogP contribution < -0.4 is 5.73 Å². The number of methoxy groups -OCH3 is 1. The zero-order chi connectivity index (χ0) is 13.4. The summed E-state index contributed by atoms with van der Waals surface area (Å²) in [5.41, 5.74) is 6.58. The second kappa shape index (κ2) is 8.15. The lowest BCUT2D eigenvalue weighted by Gasteiger charge is -2.10. The number of rotatable bonds is 9. The lowest BCUT2D eigenvalue weighted by atomic mass is 10.2. The van der Waals surface area contributed by atoms with Crippen LogP contribution in [0.5, 0.6) is 0 Å². The minimum atomic E-state index is -0.616. The summed E-state index contributed by atoms with van der Waals surface area (Å²) in [5.74, 6) is 0. The normalized spacial score (nSPS) is 14.7. The molecule has 1 rings (SSSR count). The Labute approximate surface area is 107 Å². The number of hydrogen-bond donors (Lipinski definition) is 2. The van der Waals surface area contributed by atoms with Crippen LogP contribution in [0.4, 0.5) is 0 Å². The van der Waals surface area contributed by atoms with Crippen molar-refractivity contribution in [2.75, 3.05) is 26.9 Å². The van der Waals surface area contributed by atoms with Gasteiger partial charge in [0.2, 0.25) is 0 Å². The SMILES string of the molecule is CCC(N)c1cn(CC(O)COCCOC)nn1. The molecule has 2 unspecified atom stereocenters. The van der Waals surface area contributed by atoms with Crippen molar-refractivity contribution >= 4 is 0 Å². The second-order valence-electron chi connectivity index (χ2n) is 4.10. The highest BCUT2D eigenvalue weighted by molar-refractivity contribution is 4.98. The summed E-state index contributed by atoms with van der Waals surface area (Å²) in [7, 11) is 1.60. The minimum Gasteiger partial charge on any atom is -0.389 e. The highest BCUT2D eigenvalue weighted by Crippen LogP contribution is 2.09. The molecular formula is C11H22N4O3. The Morgan fingerprint density at radius 2 is 2.28 bits per heavy atom. The number of aliphatic hydroxyl groups is 1. The molecule has 0 aliphatic heterocycles. The molecule has 0 radical (unpaired) electrons. The zero-order valence-electron chi connectivity index (χ0n) is 11.0. The van der Waals surface area contributed by atoms with Crippen molar-refractivity contribution in [3.63, 3.8) is 0 Å². The van der Waals surface area contributed by atoms with Crippen LogP contribution in [-0.2, 0) is 16.0 Å². The van der Waals surface area contributed by atoms with Crippen LogP contribution in [0.2, 0.25) is 0 Å². The van der Waals surface area contributed by atoms with E-state index in [1.54, 1.807) is 18.0 Å². The summed E-state index contributed by atoms with van der Waals surface area (Å²) in [6.07, 6.45) is 1.95. The maximum absolute atomic E-state index is 9.72. The molecular weight excluding hydrogens is 236 g/mol. The molecule has 0 aromatic carbocycles. The molecule has 0 aliphatic rings. The largest absolute Gasteiger partial charge is 0.389 e. The quantitative estimate of drug-likeness (QED) is 0.591. The van der Waals surface area contributed by atoms with Crippen LogP contribution in [0.1, 0.15) is 25.1 Å². The van der Waals surface area contributed by atoms with E-state index >= 15 is 0 Å². The van der Waals surface area contributed by atoms with Crippen LogP contribution >= 0.6 is 0 Å². The third kappa shape index (κ3) is 5.09. The van der Waals surface area contributed by atoms with Crippen molar-refractivity contribution in [3.8, 4) is 0 Å². The minimum absolute atomic E-state index is 0.103. The topological polar surface area (TPSA) is 95.4 Å². The summed E-state index contributed by atoms with van der Waals surface area (Å²) in [6, 6.07) is -0.103. The molecule has 104 valence electrons. The van der Waals surface area contributed by atoms with Crippen LogP contribution in [0.15, 0.2) is 6.20 Å². The molecule has 0 fully saturated rings. The Morgan fingerprint density at radius 3 is 2.94 bits per heavy atom. The summed E-state index contributed by atoms with van der Waals surface area (Å²) >= 11 is 0. The maximum atomic E-state index is 9.72. The molecule has 2 atom stereocenters. The van der Waals surface area contributed by atoms with Crippen molar-refractivity contribution in [1.82, 2.24) is 15.0 Å². The van der Waals surface area contributed by atoms with E-state index in [-0.39, 0.29) is 12.6 Å². The number of ether oxygens (including phenoxy) is 2. The second-order valence-corrected chi connectivity index (χ2v) is 4.10. The highest BCUT2D eigenvalue weighted by atomic mass is 16.5. The molecule has 0 saturated carbocycles. The average molecular weight is 258 g/mol. The van der Waals surface area contributed by atoms with Gasteiger partial charge in [0.15, 0.2) is 0 Å². The molecule has 0 aliphatic carbocycles. The van der Waals surface area contributed by atoms with Gasteiger partial charge < -0.3 is 20.3 Å². The Morgan fingerprint density at radius 1 is 1.50 bits per heavy atom. The van der Waals surface area contributed by atoms with Crippen molar-refractivity contribution in [3.05, 3.63) is 11.9 Å². The van der Waals surface area contributed by atoms with Crippen LogP contribution in [-0.4, -0.2) is 53.1 Å². The Bertz CT molecular complexity index is 332. The molecule has 18 heavy (non-hydrogen) atoms. The molecule has 0 spiro atoms. The van der Waals surface area contributed by atoms with E-state index in [1.807, 2.05) is 6.92 Å². The number of hydrogen-bond acceptors (Lipinski definition) is 6. The third-order valence-electron chi connectivity index (χ3n) is 2.52. The Hall–Kier alpha value is -1.02. The van der Waals surface area contributed by atoms with Gasteiger partial charge in [-0.15, -0.1) is 5.10 Å². The first-order valence-electron chi connectivity index (χ1n) is 6.07. The van der Waals surface area contributed by atoms with Gasteiger partial charge in [-0.25, -0.2) is 4.68 Å². The van der Waals surface area contributed by atoms with E-state index in [0.29, 0.717) is 19.8 Å². The fraction of sp³-hybridized carbons (Fsp3) is 0.818. The summed E-state index contributed by atoms with van der Waals surface area (Å²) < 4.78 is 11.6. The number of nitrogens with zero attached hydrogens (tertiary/aromatic N) is 3. The maximum Gasteiger partial charge on any atom is 0.0994 e. The fourth-order valence-corrected chi connectivity index (χ4v) is 1.41. The van der Waals surface area contributed by atoms with Crippen LogP contribution in [0.25, 0.3) is 0 Å². The summed E-state index contributed by atoms with van der Waals surface area (Å²) in [4.78, 5) is 0. The lowest BCUT2D eigenvalue weighted by molar-refractivity contribution is 0.00578. The van der Waals surface area contributed by atoms with Crippen molar-refractivity contribution in [2.45, 2.75) is 32.0 Å². The van der Waals surface area contributed by atoms with Crippen molar-refractivity contribution in [1.29, 1.82) is 0 Å². The van der Waals surface area contributed by atoms with Gasteiger partial charge in [0.05, 0.1) is 50.4 Å². The first-order valence-corrected chi connectivity index (χ1v) is 6.07. The molecule has 0 saturated heterocycles. The first kappa shape index (κ1) is 15.0. The highest BCUT2D eigenvalue weighted by Gasteiger charge is 2.11. The molecule has 1 aromatic heterocycles. The third-order valence-corrected chi connectivity index (χ3v) is 2.52. The predicted molar refractivity (Wildman–Crippen MR) is 65.9 cm³/mol. The van der Waals surface area contributed by atoms with Gasteiger partial charge >= 0.3 is 0 Å². The summed E-state index contributed by atoms with van der Waals surface area (Å²) in [6.45, 7) is 3.57. The number of aliphatic hydroxyl groups excluding tert-OH is 1. The molecule has 7 heteroatoms. The van der Waals surface area contributed by atoms with Gasteiger partial charge in [-0.2, -0.15) is 0 Å². The molecule has 1 aromatic rings. The van der Waals surface area contributed by atoms with E-state index < -0.39 is 6.10 Å². The van der Waals surface area contributed by atoms with E-state index in [1.165, 1.54) is 0 Å². The van der Waals surface area contributed by atoms with E-state index in [4.69, 9.17) is 15.2 Å². The van der Waals surface area contributed by atoms with Gasteiger partial charge in [0, 0.05) is 7.11 Å². The smallest absolute Gasteiger partial charge is 0.0994 e. The predicted octanol–water partition coefficient (Wildman–Crippen LogP) is -0.288. The lowest BCUT2D eigenvalue weighted by Crippen LogP contribution is -2.23. The van der Waals surface area contributed by atoms with Crippen molar-refractivity contribution < 1.29 is 14.6 Å². The van der Waals surface area contributed by atoms with Crippen LogP contribution in [0, 0.1) is 0 Å². The van der Waals surface area contributed by atoms with E-state index in [0.717, 1.165) is 12.1 Å². The molecule has 0 amide bonds. The molecule has 1 heterocycles. The van der Waals surface area contributed by atoms with Gasteiger partial charge in [0.25, 0.3) is 0 Å². The summed E-state index contributed by atoms with van der Waals surface area (Å²) in [5, 5.41) is 17.6. The van der Waals surface area contributed by atoms with E-state index in [2.05, 4.69) is 10.3 Å². The fourth-order valence-electron chi connectivity index (χ4n) is 1.41. The standard InChI is InChI=1S/C11H22N4O3/c1-3-10(12)11-7-15(14-13-11)6-9(16)8-18-5-4-17-2/h7,9-10,16H,3-6,8,12H2,1-2H3. The van der Waals surface area contributed by atoms with E-state index in [9.17, 15) is 5.11 Å². The monoisotopic (exact) mass is 258 g/mol.